The number of ether oxygens (including phenoxy) is 2. The van der Waals surface area contributed by atoms with Crippen LogP contribution in [0.2, 0.25) is 0 Å². The van der Waals surface area contributed by atoms with E-state index in [1.165, 1.54) is 77.0 Å². The maximum Gasteiger partial charge on any atom is 0.336 e. The molecule has 0 aromatic rings. The highest BCUT2D eigenvalue weighted by molar-refractivity contribution is 6.44. The Morgan fingerprint density at radius 1 is 0.595 bits per heavy atom. The molecule has 0 radical (unpaired) electrons. The number of esters is 2. The fraction of sp³-hybridized carbons (Fsp3) is 0.844. The van der Waals surface area contributed by atoms with E-state index in [0.717, 1.165) is 38.5 Å². The van der Waals surface area contributed by atoms with Gasteiger partial charge in [0.15, 0.2) is 12.1 Å². The van der Waals surface area contributed by atoms with Gasteiger partial charge in [0.25, 0.3) is 11.8 Å². The van der Waals surface area contributed by atoms with E-state index < -0.39 is 48.4 Å². The van der Waals surface area contributed by atoms with E-state index in [0.29, 0.717) is 22.6 Å². The summed E-state index contributed by atoms with van der Waals surface area (Å²) >= 11 is 5.95. The molecule has 1 rings (SSSR count). The predicted molar refractivity (Wildman–Crippen MR) is 164 cm³/mol. The van der Waals surface area contributed by atoms with Crippen LogP contribution in [0.5, 0.6) is 0 Å². The summed E-state index contributed by atoms with van der Waals surface area (Å²) in [7, 11) is 0. The Balaban J connectivity index is 2.28. The Kier molecular flexibility index (Phi) is 21.9. The van der Waals surface area contributed by atoms with Gasteiger partial charge in [0.2, 0.25) is 0 Å². The third-order valence-electron chi connectivity index (χ3n) is 7.56. The minimum absolute atomic E-state index is 0.172. The first kappa shape index (κ1) is 37.9. The van der Waals surface area contributed by atoms with Gasteiger partial charge in [-0.3, -0.25) is 24.1 Å². The summed E-state index contributed by atoms with van der Waals surface area (Å²) in [6.07, 6.45) is 22.9. The van der Waals surface area contributed by atoms with E-state index in [1.807, 2.05) is 0 Å². The number of unbranched alkanes of at least 4 members (excludes halogenated alkanes) is 18. The zero-order valence-corrected chi connectivity index (χ0v) is 26.9. The SMILES string of the molecule is CCCCCCCCCCCCOC(=O)CN1C(=O)C(Cl)C(=O)N(COC(=O)CCCCCCCCCCCC)C1=O. The van der Waals surface area contributed by atoms with Crippen molar-refractivity contribution < 1.29 is 33.4 Å². The fourth-order valence-electron chi connectivity index (χ4n) is 4.89. The van der Waals surface area contributed by atoms with Crippen LogP contribution in [0.15, 0.2) is 0 Å². The lowest BCUT2D eigenvalue weighted by molar-refractivity contribution is -0.157. The second-order valence-corrected chi connectivity index (χ2v) is 11.8. The molecule has 1 saturated heterocycles. The molecule has 242 valence electrons. The summed E-state index contributed by atoms with van der Waals surface area (Å²) in [5.41, 5.74) is 0. The third kappa shape index (κ3) is 16.5. The molecule has 0 saturated carbocycles. The van der Waals surface area contributed by atoms with Crippen LogP contribution >= 0.6 is 11.6 Å². The molecule has 9 nitrogen and oxygen atoms in total. The van der Waals surface area contributed by atoms with Crippen LogP contribution in [-0.2, 0) is 28.7 Å². The van der Waals surface area contributed by atoms with Crippen LogP contribution in [-0.4, -0.2) is 64.8 Å². The lowest BCUT2D eigenvalue weighted by Gasteiger charge is -2.33. The van der Waals surface area contributed by atoms with Gasteiger partial charge in [0, 0.05) is 6.42 Å². The highest BCUT2D eigenvalue weighted by atomic mass is 35.5. The second kappa shape index (κ2) is 24.3. The van der Waals surface area contributed by atoms with Crippen molar-refractivity contribution in [2.45, 2.75) is 154 Å². The van der Waals surface area contributed by atoms with Crippen LogP contribution in [0.25, 0.3) is 0 Å². The topological polar surface area (TPSA) is 110 Å². The highest BCUT2D eigenvalue weighted by Gasteiger charge is 2.46. The van der Waals surface area contributed by atoms with E-state index in [1.54, 1.807) is 0 Å². The molecule has 0 spiro atoms. The number of hydrogen-bond donors (Lipinski definition) is 0. The van der Waals surface area contributed by atoms with Gasteiger partial charge in [0.05, 0.1) is 6.61 Å². The number of barbiturate groups is 1. The smallest absolute Gasteiger partial charge is 0.336 e. The Morgan fingerprint density at radius 3 is 1.52 bits per heavy atom. The number of amides is 4. The van der Waals surface area contributed by atoms with Gasteiger partial charge in [-0.05, 0) is 12.8 Å². The number of nitrogens with zero attached hydrogens (tertiary/aromatic N) is 2. The maximum atomic E-state index is 12.8. The molecule has 1 aliphatic heterocycles. The van der Waals surface area contributed by atoms with Gasteiger partial charge in [-0.15, -0.1) is 11.6 Å². The molecule has 1 fully saturated rings. The lowest BCUT2D eigenvalue weighted by atomic mass is 10.1. The first-order valence-corrected chi connectivity index (χ1v) is 16.9. The lowest BCUT2D eigenvalue weighted by Crippen LogP contribution is -2.62. The number of carbonyl (C=O) groups excluding carboxylic acids is 5. The van der Waals surface area contributed by atoms with Crippen LogP contribution in [0, 0.1) is 0 Å². The standard InChI is InChI=1S/C32H55ClN2O7/c1-3-5-7-9-11-13-15-17-19-21-23-27(36)42-26-35-31(39)29(33)30(38)34(32(35)40)25-28(37)41-24-22-20-18-16-14-12-10-8-6-4-2/h29H,3-26H2,1-2H3. The Morgan fingerprint density at radius 2 is 1.02 bits per heavy atom. The molecule has 0 aromatic carbocycles. The van der Waals surface area contributed by atoms with Crippen molar-refractivity contribution in [2.24, 2.45) is 0 Å². The van der Waals surface area contributed by atoms with E-state index in [4.69, 9.17) is 21.1 Å². The van der Waals surface area contributed by atoms with Crippen molar-refractivity contribution in [3.8, 4) is 0 Å². The maximum absolute atomic E-state index is 12.8. The molecule has 0 aliphatic carbocycles. The molecule has 42 heavy (non-hydrogen) atoms. The third-order valence-corrected chi connectivity index (χ3v) is 7.94. The van der Waals surface area contributed by atoms with E-state index >= 15 is 0 Å². The van der Waals surface area contributed by atoms with Gasteiger partial charge in [0.1, 0.15) is 6.54 Å². The van der Waals surface area contributed by atoms with Crippen molar-refractivity contribution >= 4 is 41.4 Å². The summed E-state index contributed by atoms with van der Waals surface area (Å²) in [5, 5.41) is -1.68. The Hall–Kier alpha value is -2.16. The second-order valence-electron chi connectivity index (χ2n) is 11.3. The number of alkyl halides is 1. The first-order chi connectivity index (χ1) is 20.3. The summed E-state index contributed by atoms with van der Waals surface area (Å²) in [5.74, 6) is -3.27. The summed E-state index contributed by atoms with van der Waals surface area (Å²) < 4.78 is 10.3. The highest BCUT2D eigenvalue weighted by Crippen LogP contribution is 2.18. The number of carbonyl (C=O) groups is 5. The molecular formula is C32H55ClN2O7. The van der Waals surface area contributed by atoms with Gasteiger partial charge < -0.3 is 9.47 Å². The number of imide groups is 2. The van der Waals surface area contributed by atoms with E-state index in [-0.39, 0.29) is 13.0 Å². The normalized spacial score (nSPS) is 15.4. The average Bonchev–Trinajstić information content (AvgIpc) is 2.98. The summed E-state index contributed by atoms with van der Waals surface area (Å²) in [4.78, 5) is 63.3. The molecule has 1 atom stereocenters. The van der Waals surface area contributed by atoms with Crippen LogP contribution in [0.1, 0.15) is 149 Å². The molecule has 1 unspecified atom stereocenters. The zero-order chi connectivity index (χ0) is 31.0. The minimum Gasteiger partial charge on any atom is -0.464 e. The molecule has 4 amide bonds. The molecule has 0 aromatic heterocycles. The average molecular weight is 615 g/mol. The van der Waals surface area contributed by atoms with Crippen molar-refractivity contribution in [3.05, 3.63) is 0 Å². The molecule has 10 heteroatoms. The van der Waals surface area contributed by atoms with Crippen molar-refractivity contribution in [1.82, 2.24) is 9.80 Å². The minimum atomic E-state index is -1.68. The first-order valence-electron chi connectivity index (χ1n) is 16.4. The van der Waals surface area contributed by atoms with E-state index in [9.17, 15) is 24.0 Å². The van der Waals surface area contributed by atoms with Gasteiger partial charge in [-0.2, -0.15) is 0 Å². The van der Waals surface area contributed by atoms with Gasteiger partial charge >= 0.3 is 18.0 Å². The van der Waals surface area contributed by atoms with Gasteiger partial charge in [-0.25, -0.2) is 9.69 Å². The van der Waals surface area contributed by atoms with Crippen LogP contribution in [0.3, 0.4) is 0 Å². The van der Waals surface area contributed by atoms with Crippen LogP contribution in [0.4, 0.5) is 4.79 Å². The Labute approximate surface area is 258 Å². The van der Waals surface area contributed by atoms with E-state index in [2.05, 4.69) is 13.8 Å². The Bertz CT molecular complexity index is 808. The molecule has 1 aliphatic rings. The number of urea groups is 1. The molecule has 0 N–H and O–H groups in total. The van der Waals surface area contributed by atoms with Crippen molar-refractivity contribution in [3.63, 3.8) is 0 Å². The van der Waals surface area contributed by atoms with Crippen molar-refractivity contribution in [1.29, 1.82) is 0 Å². The quantitative estimate of drug-likeness (QED) is 0.0425. The molecular weight excluding hydrogens is 560 g/mol. The summed E-state index contributed by atoms with van der Waals surface area (Å²) in [6, 6.07) is -1.05. The summed E-state index contributed by atoms with van der Waals surface area (Å²) in [6.45, 7) is 3.29. The number of halogens is 1. The van der Waals surface area contributed by atoms with Crippen LogP contribution < -0.4 is 0 Å². The van der Waals surface area contributed by atoms with Gasteiger partial charge in [-0.1, -0.05) is 129 Å². The monoisotopic (exact) mass is 614 g/mol. The fourth-order valence-corrected chi connectivity index (χ4v) is 5.13. The number of rotatable bonds is 26. The van der Waals surface area contributed by atoms with Crippen molar-refractivity contribution in [2.75, 3.05) is 19.9 Å². The zero-order valence-electron chi connectivity index (χ0n) is 26.2. The molecule has 1 heterocycles. The number of hydrogen-bond acceptors (Lipinski definition) is 7. The predicted octanol–water partition coefficient (Wildman–Crippen LogP) is 7.66. The largest absolute Gasteiger partial charge is 0.464 e. The molecule has 0 bridgehead atoms.